The average molecular weight is 507 g/mol. The number of anilines is 2. The molecule has 10 nitrogen and oxygen atoms in total. The van der Waals surface area contributed by atoms with E-state index in [1.165, 1.54) is 0 Å². The largest absolute Gasteiger partial charge is 0.490 e. The molecule has 0 aliphatic carbocycles. The molecule has 36 heavy (non-hydrogen) atoms. The summed E-state index contributed by atoms with van der Waals surface area (Å²) in [6.45, 7) is 4.55. The van der Waals surface area contributed by atoms with Gasteiger partial charge in [0.25, 0.3) is 15.9 Å². The molecule has 0 fully saturated rings. The van der Waals surface area contributed by atoms with Crippen LogP contribution in [0.2, 0.25) is 0 Å². The van der Waals surface area contributed by atoms with E-state index in [9.17, 15) is 13.2 Å². The maximum Gasteiger partial charge on any atom is 0.259 e. The second-order valence-electron chi connectivity index (χ2n) is 9.39. The van der Waals surface area contributed by atoms with Crippen molar-refractivity contribution in [1.29, 1.82) is 0 Å². The molecule has 1 aromatic carbocycles. The van der Waals surface area contributed by atoms with Crippen LogP contribution in [0.4, 0.5) is 11.5 Å². The Hall–Kier alpha value is -3.99. The number of fused-ring (bicyclic) bond motifs is 2. The van der Waals surface area contributed by atoms with Crippen LogP contribution in [0, 0.1) is 0 Å². The second kappa shape index (κ2) is 8.90. The van der Waals surface area contributed by atoms with Gasteiger partial charge < -0.3 is 20.7 Å². The minimum atomic E-state index is -3.64. The number of nitrogens with two attached hydrogens (primary N) is 1. The lowest BCUT2D eigenvalue weighted by atomic mass is 10.0. The molecule has 0 unspecified atom stereocenters. The summed E-state index contributed by atoms with van der Waals surface area (Å²) < 4.78 is 33.4. The zero-order chi connectivity index (χ0) is 25.5. The van der Waals surface area contributed by atoms with Crippen LogP contribution in [0.3, 0.4) is 0 Å². The molecule has 0 radical (unpaired) electrons. The van der Waals surface area contributed by atoms with Crippen LogP contribution < -0.4 is 20.7 Å². The summed E-state index contributed by atoms with van der Waals surface area (Å²) in [5.41, 5.74) is 8.66. The summed E-state index contributed by atoms with van der Waals surface area (Å²) in [5, 5.41) is 3.00. The van der Waals surface area contributed by atoms with Crippen LogP contribution in [0.1, 0.15) is 41.0 Å². The first kappa shape index (κ1) is 23.7. The monoisotopic (exact) mass is 506 g/mol. The molecule has 11 heteroatoms. The number of amidine groups is 1. The number of nitrogens with one attached hydrogen (secondary N) is 1. The number of hydrogen-bond donors (Lipinski definition) is 2. The van der Waals surface area contributed by atoms with E-state index in [0.717, 1.165) is 24.3 Å². The van der Waals surface area contributed by atoms with Crippen molar-refractivity contribution < 1.29 is 17.9 Å². The fraction of sp³-hybridized carbons (Fsp3) is 0.280. The van der Waals surface area contributed by atoms with Crippen molar-refractivity contribution in [2.24, 2.45) is 10.1 Å². The van der Waals surface area contributed by atoms with E-state index < -0.39 is 15.6 Å². The number of nitrogens with zero attached hydrogens (tertiary/aromatic N) is 4. The van der Waals surface area contributed by atoms with E-state index in [1.807, 2.05) is 26.0 Å². The summed E-state index contributed by atoms with van der Waals surface area (Å²) in [7, 11) is -3.64. The van der Waals surface area contributed by atoms with E-state index in [0.29, 0.717) is 28.3 Å². The molecule has 0 saturated carbocycles. The van der Waals surface area contributed by atoms with E-state index in [-0.39, 0.29) is 24.1 Å². The third-order valence-corrected chi connectivity index (χ3v) is 7.15. The summed E-state index contributed by atoms with van der Waals surface area (Å²) in [6, 6.07) is 12.4. The van der Waals surface area contributed by atoms with Crippen molar-refractivity contribution in [3.63, 3.8) is 0 Å². The van der Waals surface area contributed by atoms with Gasteiger partial charge >= 0.3 is 0 Å². The lowest BCUT2D eigenvalue weighted by Gasteiger charge is -2.28. The zero-order valence-corrected chi connectivity index (χ0v) is 20.7. The molecule has 1 amide bonds. The summed E-state index contributed by atoms with van der Waals surface area (Å²) in [4.78, 5) is 24.0. The Kier molecular flexibility index (Phi) is 5.87. The number of sulfonamides is 1. The summed E-state index contributed by atoms with van der Waals surface area (Å²) in [5.74, 6) is 0.502. The van der Waals surface area contributed by atoms with Crippen LogP contribution >= 0.6 is 0 Å². The number of carbonyl (C=O) groups is 1. The molecule has 2 aliphatic rings. The number of carbonyl (C=O) groups excluding carboxylic acids is 1. The molecule has 2 aliphatic heterocycles. The Labute approximate surface area is 209 Å². The van der Waals surface area contributed by atoms with E-state index in [4.69, 9.17) is 10.5 Å². The molecular weight excluding hydrogens is 480 g/mol. The highest BCUT2D eigenvalue weighted by Crippen LogP contribution is 2.32. The predicted molar refractivity (Wildman–Crippen MR) is 136 cm³/mol. The predicted octanol–water partition coefficient (Wildman–Crippen LogP) is 2.31. The van der Waals surface area contributed by atoms with Gasteiger partial charge in [-0.25, -0.2) is 13.4 Å². The molecular formula is C25H26N6O4S. The van der Waals surface area contributed by atoms with E-state index in [1.54, 1.807) is 42.7 Å². The Balaban J connectivity index is 1.29. The number of amides is 1. The van der Waals surface area contributed by atoms with Gasteiger partial charge in [-0.1, -0.05) is 12.1 Å². The van der Waals surface area contributed by atoms with Gasteiger partial charge in [-0.2, -0.15) is 0 Å². The fourth-order valence-corrected chi connectivity index (χ4v) is 5.45. The maximum atomic E-state index is 13.1. The first-order valence-corrected chi connectivity index (χ1v) is 13.1. The molecule has 0 spiro atoms. The van der Waals surface area contributed by atoms with Gasteiger partial charge in [0.1, 0.15) is 24.0 Å². The molecule has 5 rings (SSSR count). The first-order valence-electron chi connectivity index (χ1n) is 11.5. The zero-order valence-electron chi connectivity index (χ0n) is 19.9. The maximum absolute atomic E-state index is 13.1. The molecule has 0 bridgehead atoms. The van der Waals surface area contributed by atoms with Crippen molar-refractivity contribution in [1.82, 2.24) is 15.3 Å². The number of ether oxygens (including phenoxy) is 1. The number of hydrogen-bond acceptors (Lipinski definition) is 8. The van der Waals surface area contributed by atoms with Gasteiger partial charge in [0.15, 0.2) is 0 Å². The second-order valence-corrected chi connectivity index (χ2v) is 11.0. The molecule has 3 N–H and O–H groups in total. The van der Waals surface area contributed by atoms with Crippen LogP contribution in [0.5, 0.6) is 5.75 Å². The molecule has 0 saturated heterocycles. The summed E-state index contributed by atoms with van der Waals surface area (Å²) >= 11 is 0. The number of aromatic nitrogens is 2. The normalized spacial score (nSPS) is 16.1. The minimum absolute atomic E-state index is 0.100. The number of rotatable bonds is 6. The Bertz CT molecular complexity index is 1490. The van der Waals surface area contributed by atoms with Gasteiger partial charge in [0.05, 0.1) is 28.2 Å². The molecule has 186 valence electrons. The van der Waals surface area contributed by atoms with Crippen molar-refractivity contribution >= 4 is 33.3 Å². The van der Waals surface area contributed by atoms with Crippen LogP contribution in [-0.4, -0.2) is 48.8 Å². The van der Waals surface area contributed by atoms with Crippen molar-refractivity contribution in [2.45, 2.75) is 31.6 Å². The number of benzene rings is 1. The smallest absolute Gasteiger partial charge is 0.259 e. The highest BCUT2D eigenvalue weighted by atomic mass is 32.2. The van der Waals surface area contributed by atoms with Gasteiger partial charge in [0, 0.05) is 30.9 Å². The lowest BCUT2D eigenvalue weighted by Crippen LogP contribution is -2.48. The van der Waals surface area contributed by atoms with Crippen molar-refractivity contribution in [3.8, 4) is 5.75 Å². The third-order valence-electron chi connectivity index (χ3n) is 6.00. The molecule has 0 atom stereocenters. The summed E-state index contributed by atoms with van der Waals surface area (Å²) in [6.07, 6.45) is 4.22. The third kappa shape index (κ3) is 4.74. The first-order chi connectivity index (χ1) is 17.1. The standard InChI is InChI=1S/C25H26N6O4S/c1-25(2,15-35-20-7-3-5-17-14-36(33,34)30-23(26)22(17)20)29-24(32)16-8-11-28-21(13-16)31-12-9-18-19(31)6-4-10-27-18/h3-8,10-11,13H,9,12,14-15H2,1-2H3,(H2,26,30)(H,29,32). The Morgan fingerprint density at radius 1 is 1.17 bits per heavy atom. The number of pyridine rings is 2. The van der Waals surface area contributed by atoms with E-state index in [2.05, 4.69) is 24.6 Å². The van der Waals surface area contributed by atoms with Gasteiger partial charge in [-0.15, -0.1) is 4.40 Å². The van der Waals surface area contributed by atoms with Gasteiger partial charge in [-0.3, -0.25) is 9.78 Å². The quantitative estimate of drug-likeness (QED) is 0.519. The highest BCUT2D eigenvalue weighted by molar-refractivity contribution is 7.89. The van der Waals surface area contributed by atoms with Crippen LogP contribution in [0.15, 0.2) is 59.3 Å². The van der Waals surface area contributed by atoms with Gasteiger partial charge in [0.2, 0.25) is 0 Å². The SMILES string of the molecule is CC(C)(COc1cccc2c1C(N)=NS(=O)(=O)C2)NC(=O)c1ccnc(N2CCc3ncccc32)c1. The minimum Gasteiger partial charge on any atom is -0.490 e. The van der Waals surface area contributed by atoms with E-state index >= 15 is 0 Å². The Morgan fingerprint density at radius 3 is 2.83 bits per heavy atom. The van der Waals surface area contributed by atoms with Crippen LogP contribution in [0.25, 0.3) is 0 Å². The van der Waals surface area contributed by atoms with Crippen molar-refractivity contribution in [2.75, 3.05) is 18.1 Å². The lowest BCUT2D eigenvalue weighted by molar-refractivity contribution is 0.0880. The topological polar surface area (TPSA) is 140 Å². The Morgan fingerprint density at radius 2 is 2.00 bits per heavy atom. The van der Waals surface area contributed by atoms with Crippen LogP contribution in [-0.2, 0) is 22.2 Å². The average Bonchev–Trinajstić information content (AvgIpc) is 3.26. The fourth-order valence-electron chi connectivity index (χ4n) is 4.36. The molecule has 2 aromatic heterocycles. The molecule has 3 aromatic rings. The molecule has 4 heterocycles. The highest BCUT2D eigenvalue weighted by Gasteiger charge is 2.28. The van der Waals surface area contributed by atoms with Gasteiger partial charge in [-0.05, 0) is 49.7 Å². The van der Waals surface area contributed by atoms with Crippen molar-refractivity contribution in [3.05, 3.63) is 77.2 Å².